The van der Waals surface area contributed by atoms with Crippen molar-refractivity contribution in [3.63, 3.8) is 0 Å². The molecule has 0 amide bonds. The topological polar surface area (TPSA) is 6.48 Å². The molecule has 0 aromatic heterocycles. The number of rotatable bonds is 2. The van der Waals surface area contributed by atoms with Gasteiger partial charge in [0.1, 0.15) is 0 Å². The smallest absolute Gasteiger partial charge is 0.0656 e. The first-order chi connectivity index (χ1) is 10.2. The van der Waals surface area contributed by atoms with Crippen molar-refractivity contribution in [3.05, 3.63) is 35.9 Å². The maximum atomic E-state index is 2.77. The van der Waals surface area contributed by atoms with E-state index in [0.717, 1.165) is 11.8 Å². The molecule has 4 unspecified atom stereocenters. The molecule has 0 aliphatic carbocycles. The molecule has 2 aliphatic rings. The number of nitrogens with zero attached hydrogens (tertiary/aromatic N) is 2. The predicted octanol–water partition coefficient (Wildman–Crippen LogP) is 4.15. The highest BCUT2D eigenvalue weighted by Gasteiger charge is 2.39. The van der Waals surface area contributed by atoms with Crippen molar-refractivity contribution < 1.29 is 0 Å². The first-order valence-electron chi connectivity index (χ1n) is 8.73. The van der Waals surface area contributed by atoms with Crippen molar-refractivity contribution in [2.24, 2.45) is 11.8 Å². The molecule has 3 rings (SSSR count). The summed E-state index contributed by atoms with van der Waals surface area (Å²) in [5, 5.41) is 0. The van der Waals surface area contributed by atoms with E-state index in [2.05, 4.69) is 60.9 Å². The number of hydrogen-bond donors (Lipinski definition) is 0. The molecule has 2 nitrogen and oxygen atoms in total. The third kappa shape index (κ3) is 3.02. The Kier molecular flexibility index (Phi) is 4.66. The Hall–Kier alpha value is -0.860. The van der Waals surface area contributed by atoms with Crippen molar-refractivity contribution in [1.29, 1.82) is 0 Å². The van der Waals surface area contributed by atoms with Crippen molar-refractivity contribution in [2.75, 3.05) is 19.6 Å². The van der Waals surface area contributed by atoms with E-state index in [4.69, 9.17) is 0 Å². The summed E-state index contributed by atoms with van der Waals surface area (Å²) < 4.78 is 0. The van der Waals surface area contributed by atoms with Gasteiger partial charge >= 0.3 is 0 Å². The lowest BCUT2D eigenvalue weighted by atomic mass is 9.88. The van der Waals surface area contributed by atoms with Gasteiger partial charge in [0, 0.05) is 19.1 Å². The standard InChI is InChI=1S/C19H30N2/c1-15-9-7-12-20-13-8-14-21(19(20)16(15)2)17(3)18-10-5-4-6-11-18/h4-6,10-11,15-17,19H,7-9,12-14H2,1-3H3. The van der Waals surface area contributed by atoms with E-state index in [-0.39, 0.29) is 0 Å². The first-order valence-corrected chi connectivity index (χ1v) is 8.73. The summed E-state index contributed by atoms with van der Waals surface area (Å²) in [5.74, 6) is 1.60. The molecule has 2 heterocycles. The third-order valence-electron chi connectivity index (χ3n) is 5.83. The van der Waals surface area contributed by atoms with Crippen LogP contribution in [0.25, 0.3) is 0 Å². The van der Waals surface area contributed by atoms with E-state index in [0.29, 0.717) is 12.2 Å². The van der Waals surface area contributed by atoms with E-state index in [9.17, 15) is 0 Å². The minimum atomic E-state index is 0.520. The second-order valence-corrected chi connectivity index (χ2v) is 7.11. The monoisotopic (exact) mass is 286 g/mol. The molecule has 0 N–H and O–H groups in total. The van der Waals surface area contributed by atoms with E-state index in [1.807, 2.05) is 0 Å². The fraction of sp³-hybridized carbons (Fsp3) is 0.684. The van der Waals surface area contributed by atoms with Gasteiger partial charge in [-0.3, -0.25) is 9.80 Å². The van der Waals surface area contributed by atoms with E-state index < -0.39 is 0 Å². The molecule has 2 saturated heterocycles. The molecule has 1 aromatic carbocycles. The van der Waals surface area contributed by atoms with Crippen LogP contribution >= 0.6 is 0 Å². The average molecular weight is 286 g/mol. The molecular formula is C19H30N2. The fourth-order valence-electron chi connectivity index (χ4n) is 4.33. The van der Waals surface area contributed by atoms with E-state index in [1.165, 1.54) is 44.5 Å². The van der Waals surface area contributed by atoms with Crippen LogP contribution in [0.4, 0.5) is 0 Å². The van der Waals surface area contributed by atoms with Crippen LogP contribution < -0.4 is 0 Å². The molecule has 116 valence electrons. The van der Waals surface area contributed by atoms with Crippen molar-refractivity contribution in [1.82, 2.24) is 9.80 Å². The molecular weight excluding hydrogens is 256 g/mol. The van der Waals surface area contributed by atoms with E-state index in [1.54, 1.807) is 0 Å². The van der Waals surface area contributed by atoms with Crippen LogP contribution in [0, 0.1) is 11.8 Å². The van der Waals surface area contributed by atoms with Crippen LogP contribution in [-0.2, 0) is 0 Å². The maximum Gasteiger partial charge on any atom is 0.0656 e. The van der Waals surface area contributed by atoms with Crippen molar-refractivity contribution >= 4 is 0 Å². The zero-order chi connectivity index (χ0) is 14.8. The zero-order valence-electron chi connectivity index (χ0n) is 13.8. The van der Waals surface area contributed by atoms with Crippen LogP contribution in [0.1, 0.15) is 51.6 Å². The summed E-state index contributed by atoms with van der Waals surface area (Å²) in [6, 6.07) is 11.6. The van der Waals surface area contributed by atoms with Crippen molar-refractivity contribution in [3.8, 4) is 0 Å². The largest absolute Gasteiger partial charge is 0.288 e. The summed E-state index contributed by atoms with van der Waals surface area (Å²) in [7, 11) is 0. The average Bonchev–Trinajstić information content (AvgIpc) is 2.67. The van der Waals surface area contributed by atoms with Crippen molar-refractivity contribution in [2.45, 2.75) is 52.2 Å². The van der Waals surface area contributed by atoms with Crippen LogP contribution in [0.15, 0.2) is 30.3 Å². The van der Waals surface area contributed by atoms with Gasteiger partial charge in [-0.15, -0.1) is 0 Å². The van der Waals surface area contributed by atoms with Gasteiger partial charge in [0.15, 0.2) is 0 Å². The molecule has 21 heavy (non-hydrogen) atoms. The quantitative estimate of drug-likeness (QED) is 0.806. The molecule has 0 bridgehead atoms. The van der Waals surface area contributed by atoms with Gasteiger partial charge in [0.2, 0.25) is 0 Å². The lowest BCUT2D eigenvalue weighted by molar-refractivity contribution is -0.0516. The van der Waals surface area contributed by atoms with Gasteiger partial charge in [0.25, 0.3) is 0 Å². The number of benzene rings is 1. The van der Waals surface area contributed by atoms with Crippen LogP contribution in [0.5, 0.6) is 0 Å². The Morgan fingerprint density at radius 3 is 2.48 bits per heavy atom. The Balaban J connectivity index is 1.86. The molecule has 0 radical (unpaired) electrons. The summed E-state index contributed by atoms with van der Waals surface area (Å²) in [6.07, 6.45) is 4.71. The second kappa shape index (κ2) is 6.50. The van der Waals surface area contributed by atoms with Gasteiger partial charge in [-0.1, -0.05) is 44.2 Å². The summed E-state index contributed by atoms with van der Waals surface area (Å²) >= 11 is 0. The van der Waals surface area contributed by atoms with Gasteiger partial charge in [-0.2, -0.15) is 0 Å². The SMILES string of the molecule is CC1CCCN2CCCN(C(C)c3ccccc3)C2C1C. The number of fused-ring (bicyclic) bond motifs is 1. The highest BCUT2D eigenvalue weighted by atomic mass is 15.4. The maximum absolute atomic E-state index is 2.77. The Morgan fingerprint density at radius 1 is 1.00 bits per heavy atom. The molecule has 2 fully saturated rings. The lowest BCUT2D eigenvalue weighted by Gasteiger charge is -2.49. The van der Waals surface area contributed by atoms with Crippen LogP contribution in [0.2, 0.25) is 0 Å². The van der Waals surface area contributed by atoms with Gasteiger partial charge in [0.05, 0.1) is 6.17 Å². The summed E-state index contributed by atoms with van der Waals surface area (Å²) in [4.78, 5) is 5.53. The molecule has 0 spiro atoms. The summed E-state index contributed by atoms with van der Waals surface area (Å²) in [5.41, 5.74) is 1.46. The van der Waals surface area contributed by atoms with Crippen LogP contribution in [-0.4, -0.2) is 35.6 Å². The highest BCUT2D eigenvalue weighted by molar-refractivity contribution is 5.18. The Morgan fingerprint density at radius 2 is 1.71 bits per heavy atom. The highest BCUT2D eigenvalue weighted by Crippen LogP contribution is 2.36. The van der Waals surface area contributed by atoms with Gasteiger partial charge in [-0.05, 0) is 50.1 Å². The second-order valence-electron chi connectivity index (χ2n) is 7.11. The molecule has 4 atom stereocenters. The third-order valence-corrected chi connectivity index (χ3v) is 5.83. The lowest BCUT2D eigenvalue weighted by Crippen LogP contribution is -2.57. The number of hydrogen-bond acceptors (Lipinski definition) is 2. The molecule has 0 saturated carbocycles. The van der Waals surface area contributed by atoms with Gasteiger partial charge < -0.3 is 0 Å². The molecule has 2 heteroatoms. The van der Waals surface area contributed by atoms with Crippen LogP contribution in [0.3, 0.4) is 0 Å². The van der Waals surface area contributed by atoms with Gasteiger partial charge in [-0.25, -0.2) is 0 Å². The zero-order valence-corrected chi connectivity index (χ0v) is 13.8. The minimum absolute atomic E-state index is 0.520. The Labute approximate surface area is 130 Å². The Bertz CT molecular complexity index is 442. The van der Waals surface area contributed by atoms with E-state index >= 15 is 0 Å². The first kappa shape index (κ1) is 15.1. The molecule has 1 aromatic rings. The molecule has 2 aliphatic heterocycles. The predicted molar refractivity (Wildman–Crippen MR) is 89.1 cm³/mol. The minimum Gasteiger partial charge on any atom is -0.288 e. The summed E-state index contributed by atoms with van der Waals surface area (Å²) in [6.45, 7) is 11.1. The fourth-order valence-corrected chi connectivity index (χ4v) is 4.33. The normalized spacial score (nSPS) is 33.2.